The Kier molecular flexibility index (Phi) is 3.85. The average molecular weight is 285 g/mol. The van der Waals surface area contributed by atoms with Crippen LogP contribution in [0.5, 0.6) is 0 Å². The summed E-state index contributed by atoms with van der Waals surface area (Å²) in [5.41, 5.74) is 3.10. The van der Waals surface area contributed by atoms with Crippen LogP contribution in [0.2, 0.25) is 0 Å². The zero-order valence-corrected chi connectivity index (χ0v) is 11.9. The minimum atomic E-state index is 0.244. The smallest absolute Gasteiger partial charge is 0.142 e. The molecule has 0 aliphatic carbocycles. The number of hydrogen-bond acceptors (Lipinski definition) is 5. The van der Waals surface area contributed by atoms with Crippen molar-refractivity contribution in [2.75, 3.05) is 0 Å². The van der Waals surface area contributed by atoms with Crippen LogP contribution in [0.15, 0.2) is 42.2 Å². The van der Waals surface area contributed by atoms with Crippen molar-refractivity contribution in [2.45, 2.75) is 19.5 Å². The molecule has 3 heterocycles. The zero-order chi connectivity index (χ0) is 13.8. The molecule has 0 spiro atoms. The van der Waals surface area contributed by atoms with Crippen molar-refractivity contribution in [3.63, 3.8) is 0 Å². The molecule has 5 nitrogen and oxygen atoms in total. The van der Waals surface area contributed by atoms with Crippen LogP contribution in [-0.2, 0) is 6.54 Å². The predicted molar refractivity (Wildman–Crippen MR) is 79.2 cm³/mol. The van der Waals surface area contributed by atoms with Crippen molar-refractivity contribution in [1.29, 1.82) is 0 Å². The lowest BCUT2D eigenvalue weighted by atomic mass is 10.2. The first kappa shape index (κ1) is 13.0. The molecule has 0 saturated heterocycles. The van der Waals surface area contributed by atoms with Gasteiger partial charge in [-0.1, -0.05) is 6.07 Å². The molecule has 0 fully saturated rings. The topological polar surface area (TPSA) is 66.5 Å². The Bertz CT molecular complexity index is 647. The second kappa shape index (κ2) is 5.94. The van der Waals surface area contributed by atoms with E-state index in [2.05, 4.69) is 37.8 Å². The van der Waals surface area contributed by atoms with Gasteiger partial charge in [-0.25, -0.2) is 4.98 Å². The number of rotatable bonds is 5. The van der Waals surface area contributed by atoms with Crippen LogP contribution in [0.3, 0.4) is 0 Å². The van der Waals surface area contributed by atoms with E-state index >= 15 is 0 Å². The Morgan fingerprint density at radius 2 is 2.35 bits per heavy atom. The Morgan fingerprint density at radius 1 is 1.40 bits per heavy atom. The highest BCUT2D eigenvalue weighted by Gasteiger charge is 2.08. The van der Waals surface area contributed by atoms with Gasteiger partial charge in [-0.2, -0.15) is 5.10 Å². The minimum Gasteiger partial charge on any atom is -0.304 e. The van der Waals surface area contributed by atoms with E-state index in [1.807, 2.05) is 30.6 Å². The van der Waals surface area contributed by atoms with Crippen LogP contribution in [0.1, 0.15) is 24.2 Å². The first-order valence-electron chi connectivity index (χ1n) is 6.41. The molecule has 1 atom stereocenters. The van der Waals surface area contributed by atoms with E-state index in [1.54, 1.807) is 17.5 Å². The van der Waals surface area contributed by atoms with Crippen molar-refractivity contribution in [1.82, 2.24) is 25.5 Å². The summed E-state index contributed by atoms with van der Waals surface area (Å²) in [6.45, 7) is 2.84. The number of aromatic amines is 1. The van der Waals surface area contributed by atoms with E-state index in [0.717, 1.165) is 28.5 Å². The fourth-order valence-electron chi connectivity index (χ4n) is 1.87. The number of aromatic nitrogens is 4. The van der Waals surface area contributed by atoms with E-state index in [1.165, 1.54) is 0 Å². The summed E-state index contributed by atoms with van der Waals surface area (Å²) in [7, 11) is 0. The molecule has 0 aliphatic heterocycles. The summed E-state index contributed by atoms with van der Waals surface area (Å²) in [5, 5.41) is 13.2. The number of hydrogen-bond donors (Lipinski definition) is 2. The Morgan fingerprint density at radius 3 is 3.10 bits per heavy atom. The van der Waals surface area contributed by atoms with E-state index in [4.69, 9.17) is 0 Å². The summed E-state index contributed by atoms with van der Waals surface area (Å²) in [4.78, 5) is 8.92. The summed E-state index contributed by atoms with van der Waals surface area (Å²) in [6.07, 6.45) is 5.52. The molecule has 0 saturated carbocycles. The molecule has 0 aromatic carbocycles. The van der Waals surface area contributed by atoms with Gasteiger partial charge in [0.1, 0.15) is 5.01 Å². The number of pyridine rings is 1. The van der Waals surface area contributed by atoms with Gasteiger partial charge >= 0.3 is 0 Å². The highest BCUT2D eigenvalue weighted by Crippen LogP contribution is 2.21. The third-order valence-electron chi connectivity index (χ3n) is 3.04. The maximum absolute atomic E-state index is 4.60. The quantitative estimate of drug-likeness (QED) is 0.756. The third kappa shape index (κ3) is 2.92. The van der Waals surface area contributed by atoms with Crippen molar-refractivity contribution in [3.8, 4) is 10.7 Å². The van der Waals surface area contributed by atoms with E-state index in [-0.39, 0.29) is 6.04 Å². The molecule has 0 radical (unpaired) electrons. The molecule has 3 aromatic heterocycles. The summed E-state index contributed by atoms with van der Waals surface area (Å²) in [5.74, 6) is 0. The van der Waals surface area contributed by atoms with Crippen LogP contribution in [-0.4, -0.2) is 20.2 Å². The van der Waals surface area contributed by atoms with Gasteiger partial charge in [-0.3, -0.25) is 10.1 Å². The number of thiazole rings is 1. The lowest BCUT2D eigenvalue weighted by Crippen LogP contribution is -2.17. The maximum atomic E-state index is 4.60. The molecule has 0 aliphatic rings. The fraction of sp³-hybridized carbons (Fsp3) is 0.214. The van der Waals surface area contributed by atoms with Gasteiger partial charge in [0, 0.05) is 35.9 Å². The third-order valence-corrected chi connectivity index (χ3v) is 3.96. The van der Waals surface area contributed by atoms with Crippen molar-refractivity contribution >= 4 is 11.3 Å². The number of H-pyrrole nitrogens is 1. The Labute approximate surface area is 121 Å². The van der Waals surface area contributed by atoms with Crippen molar-refractivity contribution in [3.05, 3.63) is 53.4 Å². The van der Waals surface area contributed by atoms with E-state index in [9.17, 15) is 0 Å². The van der Waals surface area contributed by atoms with Gasteiger partial charge in [0.05, 0.1) is 17.6 Å². The van der Waals surface area contributed by atoms with E-state index in [0.29, 0.717) is 0 Å². The molecular weight excluding hydrogens is 270 g/mol. The molecular formula is C14H15N5S. The molecule has 0 amide bonds. The average Bonchev–Trinajstić information content (AvgIpc) is 3.17. The van der Waals surface area contributed by atoms with Gasteiger partial charge in [0.25, 0.3) is 0 Å². The molecule has 102 valence electrons. The summed E-state index contributed by atoms with van der Waals surface area (Å²) in [6, 6.07) is 6.10. The van der Waals surface area contributed by atoms with Crippen molar-refractivity contribution in [2.24, 2.45) is 0 Å². The lowest BCUT2D eigenvalue weighted by molar-refractivity contribution is 0.569. The van der Waals surface area contributed by atoms with Gasteiger partial charge < -0.3 is 5.32 Å². The number of nitrogens with zero attached hydrogens (tertiary/aromatic N) is 3. The minimum absolute atomic E-state index is 0.244. The highest BCUT2D eigenvalue weighted by atomic mass is 32.1. The van der Waals surface area contributed by atoms with Crippen LogP contribution >= 0.6 is 11.3 Å². The molecule has 6 heteroatoms. The summed E-state index contributed by atoms with van der Waals surface area (Å²) >= 11 is 1.62. The SMILES string of the molecule is CC(NCc1csc(-c2ccccn2)n1)c1cn[nH]c1. The molecule has 20 heavy (non-hydrogen) atoms. The summed E-state index contributed by atoms with van der Waals surface area (Å²) < 4.78 is 0. The largest absolute Gasteiger partial charge is 0.304 e. The second-order valence-electron chi connectivity index (χ2n) is 4.49. The Hall–Kier alpha value is -2.05. The molecule has 3 aromatic rings. The maximum Gasteiger partial charge on any atom is 0.142 e. The van der Waals surface area contributed by atoms with Gasteiger partial charge in [-0.15, -0.1) is 11.3 Å². The van der Waals surface area contributed by atoms with Crippen LogP contribution < -0.4 is 5.32 Å². The van der Waals surface area contributed by atoms with Crippen molar-refractivity contribution < 1.29 is 0 Å². The predicted octanol–water partition coefficient (Wildman–Crippen LogP) is 2.78. The Balaban J connectivity index is 1.63. The van der Waals surface area contributed by atoms with Gasteiger partial charge in [-0.05, 0) is 19.1 Å². The fourth-order valence-corrected chi connectivity index (χ4v) is 2.66. The van der Waals surface area contributed by atoms with Crippen LogP contribution in [0.25, 0.3) is 10.7 Å². The standard InChI is InChI=1S/C14H15N5S/c1-10(11-6-17-18-7-11)16-8-12-9-20-14(19-12)13-4-2-3-5-15-13/h2-7,9-10,16H,8H2,1H3,(H,17,18). The van der Waals surface area contributed by atoms with Gasteiger partial charge in [0.15, 0.2) is 0 Å². The highest BCUT2D eigenvalue weighted by molar-refractivity contribution is 7.13. The zero-order valence-electron chi connectivity index (χ0n) is 11.1. The first-order chi connectivity index (χ1) is 9.83. The molecule has 2 N–H and O–H groups in total. The lowest BCUT2D eigenvalue weighted by Gasteiger charge is -2.10. The monoisotopic (exact) mass is 285 g/mol. The number of nitrogens with one attached hydrogen (secondary N) is 2. The van der Waals surface area contributed by atoms with Crippen LogP contribution in [0.4, 0.5) is 0 Å². The van der Waals surface area contributed by atoms with Gasteiger partial charge in [0.2, 0.25) is 0 Å². The van der Waals surface area contributed by atoms with Crippen LogP contribution in [0, 0.1) is 0 Å². The second-order valence-corrected chi connectivity index (χ2v) is 5.35. The molecule has 0 bridgehead atoms. The molecule has 1 unspecified atom stereocenters. The normalized spacial score (nSPS) is 12.4. The van der Waals surface area contributed by atoms with E-state index < -0.39 is 0 Å². The first-order valence-corrected chi connectivity index (χ1v) is 7.29. The molecule has 3 rings (SSSR count).